The summed E-state index contributed by atoms with van der Waals surface area (Å²) < 4.78 is 0. The van der Waals surface area contributed by atoms with Crippen LogP contribution >= 0.6 is 0 Å². The molecule has 0 saturated heterocycles. The quantitative estimate of drug-likeness (QED) is 0.361. The molecule has 4 aromatic rings. The lowest BCUT2D eigenvalue weighted by molar-refractivity contribution is 0.0927. The number of carbonyl (C=O) groups is 1. The van der Waals surface area contributed by atoms with E-state index in [1.54, 1.807) is 0 Å². The van der Waals surface area contributed by atoms with Crippen molar-refractivity contribution in [2.45, 2.75) is 37.8 Å². The van der Waals surface area contributed by atoms with Crippen molar-refractivity contribution in [3.8, 4) is 11.1 Å². The number of nitrogens with zero attached hydrogens (tertiary/aromatic N) is 2. The molecule has 0 atom stereocenters. The van der Waals surface area contributed by atoms with E-state index >= 15 is 0 Å². The maximum absolute atomic E-state index is 13.2. The van der Waals surface area contributed by atoms with Gasteiger partial charge in [-0.05, 0) is 48.9 Å². The Balaban J connectivity index is 1.22. The molecule has 178 valence electrons. The topological polar surface area (TPSA) is 57.3 Å². The first-order valence-electron chi connectivity index (χ1n) is 12.4. The highest BCUT2D eigenvalue weighted by molar-refractivity contribution is 6.01. The maximum Gasteiger partial charge on any atom is 0.252 e. The van der Waals surface area contributed by atoms with Gasteiger partial charge in [0, 0.05) is 48.9 Å². The molecule has 5 rings (SSSR count). The second kappa shape index (κ2) is 10.2. The molecule has 1 aliphatic carbocycles. The van der Waals surface area contributed by atoms with Gasteiger partial charge in [0.1, 0.15) is 5.82 Å². The Morgan fingerprint density at radius 1 is 0.829 bits per heavy atom. The van der Waals surface area contributed by atoms with Crippen LogP contribution in [0.25, 0.3) is 22.0 Å². The second-order valence-corrected chi connectivity index (χ2v) is 9.52. The van der Waals surface area contributed by atoms with Crippen molar-refractivity contribution in [1.82, 2.24) is 10.3 Å². The van der Waals surface area contributed by atoms with Crippen molar-refractivity contribution in [3.63, 3.8) is 0 Å². The molecule has 0 aliphatic heterocycles. The van der Waals surface area contributed by atoms with Gasteiger partial charge in [0.25, 0.3) is 5.91 Å². The Labute approximate surface area is 207 Å². The summed E-state index contributed by atoms with van der Waals surface area (Å²) in [4.78, 5) is 20.1. The van der Waals surface area contributed by atoms with Gasteiger partial charge in [-0.3, -0.25) is 4.79 Å². The van der Waals surface area contributed by atoms with Gasteiger partial charge in [-0.2, -0.15) is 0 Å². The zero-order chi connectivity index (χ0) is 24.2. The molecule has 5 heteroatoms. The lowest BCUT2D eigenvalue weighted by atomic mass is 9.90. The molecule has 35 heavy (non-hydrogen) atoms. The molecule has 1 aliphatic rings. The summed E-state index contributed by atoms with van der Waals surface area (Å²) in [6, 6.07) is 28.9. The summed E-state index contributed by atoms with van der Waals surface area (Å²) in [5, 5.41) is 8.10. The van der Waals surface area contributed by atoms with Crippen LogP contribution in [0.1, 0.15) is 36.0 Å². The predicted molar refractivity (Wildman–Crippen MR) is 145 cm³/mol. The molecule has 1 fully saturated rings. The zero-order valence-corrected chi connectivity index (χ0v) is 20.4. The van der Waals surface area contributed by atoms with E-state index in [0.29, 0.717) is 6.04 Å². The van der Waals surface area contributed by atoms with Crippen molar-refractivity contribution in [2.75, 3.05) is 24.3 Å². The fourth-order valence-electron chi connectivity index (χ4n) is 5.01. The molecule has 0 spiro atoms. The smallest absolute Gasteiger partial charge is 0.252 e. The summed E-state index contributed by atoms with van der Waals surface area (Å²) >= 11 is 0. The van der Waals surface area contributed by atoms with E-state index in [2.05, 4.69) is 53.9 Å². The fourth-order valence-corrected chi connectivity index (χ4v) is 5.01. The van der Waals surface area contributed by atoms with Crippen molar-refractivity contribution in [3.05, 3.63) is 90.5 Å². The van der Waals surface area contributed by atoms with Crippen molar-refractivity contribution in [1.29, 1.82) is 0 Å². The highest BCUT2D eigenvalue weighted by atomic mass is 16.1. The van der Waals surface area contributed by atoms with E-state index in [-0.39, 0.29) is 11.9 Å². The van der Waals surface area contributed by atoms with Crippen LogP contribution in [0, 0.1) is 0 Å². The number of rotatable bonds is 6. The number of benzene rings is 3. The van der Waals surface area contributed by atoms with Crippen LogP contribution in [0.3, 0.4) is 0 Å². The van der Waals surface area contributed by atoms with Crippen LogP contribution < -0.4 is 15.5 Å². The summed E-state index contributed by atoms with van der Waals surface area (Å²) in [5.41, 5.74) is 4.93. The third-order valence-electron chi connectivity index (χ3n) is 6.85. The number of para-hydroxylation sites is 1. The Hall–Kier alpha value is -3.86. The van der Waals surface area contributed by atoms with E-state index < -0.39 is 0 Å². The number of amides is 1. The molecule has 1 aromatic heterocycles. The number of carbonyl (C=O) groups excluding carboxylic acids is 1. The molecule has 0 bridgehead atoms. The van der Waals surface area contributed by atoms with Gasteiger partial charge in [-0.15, -0.1) is 0 Å². The van der Waals surface area contributed by atoms with Crippen LogP contribution in [0.5, 0.6) is 0 Å². The zero-order valence-electron chi connectivity index (χ0n) is 20.4. The minimum absolute atomic E-state index is 0.00711. The van der Waals surface area contributed by atoms with E-state index in [1.165, 1.54) is 0 Å². The Kier molecular flexibility index (Phi) is 6.66. The lowest BCUT2D eigenvalue weighted by Gasteiger charge is -2.30. The number of anilines is 2. The molecule has 1 amide bonds. The van der Waals surface area contributed by atoms with Gasteiger partial charge in [0.05, 0.1) is 5.52 Å². The largest absolute Gasteiger partial charge is 0.377 e. The summed E-state index contributed by atoms with van der Waals surface area (Å²) in [6.07, 6.45) is 3.89. The summed E-state index contributed by atoms with van der Waals surface area (Å²) in [6.45, 7) is 0. The van der Waals surface area contributed by atoms with Crippen molar-refractivity contribution >= 4 is 28.3 Å². The number of aromatic nitrogens is 1. The number of nitrogens with one attached hydrogen (secondary N) is 2. The first-order chi connectivity index (χ1) is 17.1. The SMILES string of the molecule is CN(C)c1cc(N[C@H]2CC[C@@H](NC(=O)c3ccccc3-c3ccccc3)CC2)nc2ccccc12. The number of hydrogen-bond donors (Lipinski definition) is 2. The fraction of sp³-hybridized carbons (Fsp3) is 0.267. The van der Waals surface area contributed by atoms with Gasteiger partial charge in [-0.25, -0.2) is 4.98 Å². The minimum Gasteiger partial charge on any atom is -0.377 e. The maximum atomic E-state index is 13.2. The van der Waals surface area contributed by atoms with Crippen LogP contribution in [0.2, 0.25) is 0 Å². The van der Waals surface area contributed by atoms with Gasteiger partial charge in [-0.1, -0.05) is 66.7 Å². The van der Waals surface area contributed by atoms with Gasteiger partial charge >= 0.3 is 0 Å². The third-order valence-corrected chi connectivity index (χ3v) is 6.85. The van der Waals surface area contributed by atoms with Crippen LogP contribution in [-0.2, 0) is 0 Å². The molecular formula is C30H32N4O. The molecule has 1 heterocycles. The van der Waals surface area contributed by atoms with E-state index in [0.717, 1.165) is 64.8 Å². The standard InChI is InChI=1S/C30H32N4O/c1-34(2)28-20-29(33-27-15-9-8-14-26(27)28)31-22-16-18-23(19-17-22)32-30(35)25-13-7-6-12-24(25)21-10-4-3-5-11-21/h3-15,20,22-23H,16-19H2,1-2H3,(H,31,33)(H,32,35)/t22-,23+. The Bertz CT molecular complexity index is 1310. The normalized spacial score (nSPS) is 17.7. The highest BCUT2D eigenvalue weighted by Crippen LogP contribution is 2.30. The Morgan fingerprint density at radius 2 is 1.49 bits per heavy atom. The van der Waals surface area contributed by atoms with Crippen LogP contribution in [0.4, 0.5) is 11.5 Å². The average Bonchev–Trinajstić information content (AvgIpc) is 2.90. The average molecular weight is 465 g/mol. The predicted octanol–water partition coefficient (Wildman–Crippen LogP) is 6.12. The molecule has 0 unspecified atom stereocenters. The summed E-state index contributed by atoms with van der Waals surface area (Å²) in [7, 11) is 4.13. The molecule has 1 saturated carbocycles. The highest BCUT2D eigenvalue weighted by Gasteiger charge is 2.24. The third kappa shape index (κ3) is 5.14. The van der Waals surface area contributed by atoms with Crippen LogP contribution in [0.15, 0.2) is 84.9 Å². The molecule has 0 radical (unpaired) electrons. The van der Waals surface area contributed by atoms with Crippen molar-refractivity contribution < 1.29 is 4.79 Å². The monoisotopic (exact) mass is 464 g/mol. The molecular weight excluding hydrogens is 432 g/mol. The van der Waals surface area contributed by atoms with Crippen LogP contribution in [-0.4, -0.2) is 37.1 Å². The Morgan fingerprint density at radius 3 is 2.26 bits per heavy atom. The first kappa shape index (κ1) is 22.9. The van der Waals surface area contributed by atoms with E-state index in [9.17, 15) is 4.79 Å². The first-order valence-corrected chi connectivity index (χ1v) is 12.4. The van der Waals surface area contributed by atoms with Gasteiger partial charge in [0.15, 0.2) is 0 Å². The van der Waals surface area contributed by atoms with Gasteiger partial charge in [0.2, 0.25) is 0 Å². The van der Waals surface area contributed by atoms with Crippen molar-refractivity contribution in [2.24, 2.45) is 0 Å². The second-order valence-electron chi connectivity index (χ2n) is 9.52. The minimum atomic E-state index is 0.00711. The molecule has 2 N–H and O–H groups in total. The molecule has 5 nitrogen and oxygen atoms in total. The van der Waals surface area contributed by atoms with E-state index in [1.807, 2.05) is 60.7 Å². The number of pyridine rings is 1. The number of hydrogen-bond acceptors (Lipinski definition) is 4. The summed E-state index contributed by atoms with van der Waals surface area (Å²) in [5.74, 6) is 0.921. The van der Waals surface area contributed by atoms with Gasteiger partial charge < -0.3 is 15.5 Å². The van der Waals surface area contributed by atoms with E-state index in [4.69, 9.17) is 4.98 Å². The molecule has 3 aromatic carbocycles. The number of fused-ring (bicyclic) bond motifs is 1. The lowest BCUT2D eigenvalue weighted by Crippen LogP contribution is -2.40.